The van der Waals surface area contributed by atoms with Crippen LogP contribution in [0.15, 0.2) is 47.4 Å². The Balaban J connectivity index is 1.67. The third-order valence-electron chi connectivity index (χ3n) is 9.41. The number of aryl methyl sites for hydroxylation is 1. The summed E-state index contributed by atoms with van der Waals surface area (Å²) in [5.41, 5.74) is -8.96. The van der Waals surface area contributed by atoms with E-state index in [1.807, 2.05) is 0 Å². The van der Waals surface area contributed by atoms with Gasteiger partial charge in [0.05, 0.1) is 10.9 Å². The molecule has 1 N–H and O–H groups in total. The lowest BCUT2D eigenvalue weighted by molar-refractivity contribution is -0.348. The zero-order valence-corrected chi connectivity index (χ0v) is 24.8. The monoisotopic (exact) mass is 672 g/mol. The van der Waals surface area contributed by atoms with Crippen LogP contribution in [0.3, 0.4) is 0 Å². The SMILES string of the molecule is CC1(C(=O)N2CC[C@@]3(S(=O)(=O)c4ccc(F)cc4)c4ccc(C(F)(C(F)(F)F)C(F)(F)F)cc4CC[C@@H]23)CCS(=N)(=O)CC1. The first-order valence-corrected chi connectivity index (χ1v) is 17.0. The molecule has 2 fully saturated rings. The quantitative estimate of drug-likeness (QED) is 0.310. The summed E-state index contributed by atoms with van der Waals surface area (Å²) < 4.78 is 157. The Bertz CT molecular complexity index is 1680. The van der Waals surface area contributed by atoms with Crippen molar-refractivity contribution >= 4 is 25.5 Å². The van der Waals surface area contributed by atoms with Crippen LogP contribution in [0.1, 0.15) is 49.3 Å². The molecule has 242 valence electrons. The zero-order chi connectivity index (χ0) is 32.7. The van der Waals surface area contributed by atoms with Crippen LogP contribution >= 0.6 is 0 Å². The number of amides is 1. The molecular formula is C28H28F8N2O4S2. The smallest absolute Gasteiger partial charge is 0.337 e. The van der Waals surface area contributed by atoms with Crippen molar-refractivity contribution in [2.45, 2.75) is 72.7 Å². The second-order valence-corrected chi connectivity index (χ2v) is 16.6. The van der Waals surface area contributed by atoms with Crippen LogP contribution in [0.5, 0.6) is 0 Å². The fourth-order valence-electron chi connectivity index (χ4n) is 6.87. The number of hydrogen-bond acceptors (Lipinski definition) is 5. The molecule has 0 saturated carbocycles. The minimum Gasteiger partial charge on any atom is -0.337 e. The van der Waals surface area contributed by atoms with E-state index in [2.05, 4.69) is 0 Å². The summed E-state index contributed by atoms with van der Waals surface area (Å²) in [7, 11) is -7.48. The van der Waals surface area contributed by atoms with Crippen LogP contribution in [0.4, 0.5) is 35.1 Å². The van der Waals surface area contributed by atoms with Gasteiger partial charge in [-0.05, 0) is 67.5 Å². The molecule has 2 atom stereocenters. The number of benzene rings is 2. The van der Waals surface area contributed by atoms with Gasteiger partial charge in [0.15, 0.2) is 9.84 Å². The molecule has 16 heteroatoms. The molecule has 1 amide bonds. The van der Waals surface area contributed by atoms with Gasteiger partial charge < -0.3 is 4.90 Å². The highest BCUT2D eigenvalue weighted by Crippen LogP contribution is 2.57. The second-order valence-electron chi connectivity index (χ2n) is 12.0. The van der Waals surface area contributed by atoms with E-state index in [0.717, 1.165) is 30.3 Å². The summed E-state index contributed by atoms with van der Waals surface area (Å²) in [5.74, 6) is -1.31. The van der Waals surface area contributed by atoms with E-state index in [1.54, 1.807) is 6.92 Å². The lowest BCUT2D eigenvalue weighted by Gasteiger charge is -2.45. The average molecular weight is 673 g/mol. The van der Waals surface area contributed by atoms with Gasteiger partial charge in [0.1, 0.15) is 10.6 Å². The first-order valence-electron chi connectivity index (χ1n) is 13.6. The van der Waals surface area contributed by atoms with Crippen molar-refractivity contribution in [1.29, 1.82) is 4.78 Å². The predicted octanol–water partition coefficient (Wildman–Crippen LogP) is 6.18. The highest BCUT2D eigenvalue weighted by Gasteiger charge is 2.74. The number of hydrogen-bond donors (Lipinski definition) is 1. The summed E-state index contributed by atoms with van der Waals surface area (Å²) in [6.45, 7) is 1.48. The zero-order valence-electron chi connectivity index (χ0n) is 23.2. The fraction of sp³-hybridized carbons (Fsp3) is 0.536. The number of fused-ring (bicyclic) bond motifs is 3. The van der Waals surface area contributed by atoms with Gasteiger partial charge in [0.2, 0.25) is 5.91 Å². The third kappa shape index (κ3) is 4.72. The normalized spacial score (nSPS) is 29.7. The maximum atomic E-state index is 15.0. The highest BCUT2D eigenvalue weighted by molar-refractivity contribution is 7.92. The van der Waals surface area contributed by atoms with E-state index in [-0.39, 0.29) is 72.2 Å². The van der Waals surface area contributed by atoms with Crippen molar-refractivity contribution in [2.75, 3.05) is 18.1 Å². The van der Waals surface area contributed by atoms with Gasteiger partial charge in [-0.1, -0.05) is 25.1 Å². The molecule has 2 aliphatic heterocycles. The number of sulfone groups is 1. The summed E-state index contributed by atoms with van der Waals surface area (Å²) >= 11 is 0. The van der Waals surface area contributed by atoms with Gasteiger partial charge in [0.25, 0.3) is 0 Å². The lowest BCUT2D eigenvalue weighted by atomic mass is 9.76. The molecule has 0 unspecified atom stereocenters. The molecule has 1 aliphatic carbocycles. The second kappa shape index (κ2) is 10.1. The van der Waals surface area contributed by atoms with Gasteiger partial charge >= 0.3 is 18.0 Å². The van der Waals surface area contributed by atoms with Crippen molar-refractivity contribution in [3.8, 4) is 0 Å². The molecule has 2 heterocycles. The molecular weight excluding hydrogens is 644 g/mol. The number of alkyl halides is 7. The van der Waals surface area contributed by atoms with E-state index in [0.29, 0.717) is 6.07 Å². The van der Waals surface area contributed by atoms with Gasteiger partial charge in [0, 0.05) is 38.8 Å². The number of carbonyl (C=O) groups excluding carboxylic acids is 1. The minimum atomic E-state index is -6.37. The standard InChI is InChI=1S/C28H28F8N2O4S2/c1-24(11-14-43(37,40)15-12-24)23(39)38-13-10-25(44(41,42)20-6-4-19(29)5-7-20)21-8-3-18(16-17(21)2-9-22(25)38)26(30,27(31,32)33)28(34,35)36/h3-8,16,22,37H,2,9-15H2,1H3/t22-,24?,25-,43?/m1/s1. The Morgan fingerprint density at radius 2 is 1.52 bits per heavy atom. The number of likely N-dealkylation sites (tertiary alicyclic amines) is 1. The van der Waals surface area contributed by atoms with Crippen LogP contribution < -0.4 is 0 Å². The number of rotatable bonds is 4. The largest absolute Gasteiger partial charge is 0.435 e. The minimum absolute atomic E-state index is 0.0399. The number of nitrogens with one attached hydrogen (secondary N) is 1. The third-order valence-corrected chi connectivity index (χ3v) is 13.7. The van der Waals surface area contributed by atoms with Gasteiger partial charge in [-0.3, -0.25) is 9.57 Å². The number of nitrogens with zero attached hydrogens (tertiary/aromatic N) is 1. The Kier molecular flexibility index (Phi) is 7.51. The Labute approximate surface area is 248 Å². The molecule has 0 spiro atoms. The summed E-state index contributed by atoms with van der Waals surface area (Å²) in [6, 6.07) is 4.04. The molecule has 0 radical (unpaired) electrons. The number of halogens is 8. The molecule has 5 rings (SSSR count). The number of carbonyl (C=O) groups is 1. The van der Waals surface area contributed by atoms with E-state index in [4.69, 9.17) is 4.78 Å². The maximum Gasteiger partial charge on any atom is 0.435 e. The van der Waals surface area contributed by atoms with E-state index < -0.39 is 71.1 Å². The molecule has 0 aromatic heterocycles. The van der Waals surface area contributed by atoms with Crippen molar-refractivity contribution in [3.05, 3.63) is 65.0 Å². The van der Waals surface area contributed by atoms with Crippen LogP contribution in [0, 0.1) is 16.0 Å². The summed E-state index contributed by atoms with van der Waals surface area (Å²) in [5, 5.41) is 0. The fourth-order valence-corrected chi connectivity index (χ4v) is 11.0. The van der Waals surface area contributed by atoms with Crippen LogP contribution in [-0.2, 0) is 41.2 Å². The summed E-state index contributed by atoms with van der Waals surface area (Å²) in [6.07, 6.45) is -13.3. The molecule has 3 aliphatic rings. The molecule has 2 aromatic rings. The maximum absolute atomic E-state index is 15.0. The van der Waals surface area contributed by atoms with Crippen molar-refractivity contribution < 1.29 is 52.5 Å². The van der Waals surface area contributed by atoms with Crippen LogP contribution in [0.25, 0.3) is 0 Å². The Morgan fingerprint density at radius 1 is 0.955 bits per heavy atom. The molecule has 2 saturated heterocycles. The lowest BCUT2D eigenvalue weighted by Crippen LogP contribution is -2.55. The van der Waals surface area contributed by atoms with Crippen molar-refractivity contribution in [3.63, 3.8) is 0 Å². The van der Waals surface area contributed by atoms with Gasteiger partial charge in [-0.15, -0.1) is 0 Å². The Morgan fingerprint density at radius 3 is 2.07 bits per heavy atom. The topological polar surface area (TPSA) is 95.4 Å². The van der Waals surface area contributed by atoms with Crippen LogP contribution in [-0.4, -0.2) is 59.9 Å². The van der Waals surface area contributed by atoms with Crippen molar-refractivity contribution in [1.82, 2.24) is 4.90 Å². The first-order chi connectivity index (χ1) is 20.1. The van der Waals surface area contributed by atoms with E-state index in [1.165, 1.54) is 4.90 Å². The first kappa shape index (κ1) is 32.6. The summed E-state index contributed by atoms with van der Waals surface area (Å²) in [4.78, 5) is 15.0. The highest BCUT2D eigenvalue weighted by atomic mass is 32.2. The predicted molar refractivity (Wildman–Crippen MR) is 143 cm³/mol. The van der Waals surface area contributed by atoms with Gasteiger partial charge in [-0.2, -0.15) is 26.3 Å². The van der Waals surface area contributed by atoms with Crippen molar-refractivity contribution in [2.24, 2.45) is 5.41 Å². The average Bonchev–Trinajstić information content (AvgIpc) is 3.34. The van der Waals surface area contributed by atoms with E-state index >= 15 is 0 Å². The van der Waals surface area contributed by atoms with Crippen LogP contribution in [0.2, 0.25) is 0 Å². The van der Waals surface area contributed by atoms with Gasteiger partial charge in [-0.25, -0.2) is 21.4 Å². The molecule has 6 nitrogen and oxygen atoms in total. The van der Waals surface area contributed by atoms with E-state index in [9.17, 15) is 52.5 Å². The Hall–Kier alpha value is -2.75. The molecule has 0 bridgehead atoms. The molecule has 44 heavy (non-hydrogen) atoms. The molecule has 2 aromatic carbocycles.